The molecule has 0 aliphatic rings. The molecule has 0 aliphatic carbocycles. The number of amides is 1. The van der Waals surface area contributed by atoms with Gasteiger partial charge in [0.15, 0.2) is 0 Å². The molecule has 4 nitrogen and oxygen atoms in total. The van der Waals surface area contributed by atoms with Gasteiger partial charge >= 0.3 is 0 Å². The third-order valence-corrected chi connectivity index (χ3v) is 4.19. The van der Waals surface area contributed by atoms with Crippen LogP contribution in [0.25, 0.3) is 10.9 Å². The Morgan fingerprint density at radius 3 is 2.48 bits per heavy atom. The van der Waals surface area contributed by atoms with Crippen molar-refractivity contribution in [2.45, 2.75) is 13.5 Å². The second-order valence-corrected chi connectivity index (χ2v) is 5.58. The van der Waals surface area contributed by atoms with E-state index in [1.54, 1.807) is 7.11 Å². The van der Waals surface area contributed by atoms with Gasteiger partial charge in [-0.05, 0) is 36.2 Å². The first-order valence-corrected chi connectivity index (χ1v) is 7.57. The summed E-state index contributed by atoms with van der Waals surface area (Å²) in [6, 6.07) is 15.7. The number of rotatable bonds is 4. The van der Waals surface area contributed by atoms with Gasteiger partial charge in [0.1, 0.15) is 11.4 Å². The van der Waals surface area contributed by atoms with Gasteiger partial charge in [-0.3, -0.25) is 4.79 Å². The summed E-state index contributed by atoms with van der Waals surface area (Å²) in [5.41, 5.74) is 3.82. The summed E-state index contributed by atoms with van der Waals surface area (Å²) in [5.74, 6) is 0.752. The Hall–Kier alpha value is -2.75. The molecule has 0 bridgehead atoms. The molecule has 0 unspecified atom stereocenters. The lowest BCUT2D eigenvalue weighted by molar-refractivity contribution is 0.0942. The minimum Gasteiger partial charge on any atom is -0.497 e. The van der Waals surface area contributed by atoms with Crippen LogP contribution in [0.4, 0.5) is 0 Å². The van der Waals surface area contributed by atoms with Crippen molar-refractivity contribution in [1.82, 2.24) is 9.88 Å². The van der Waals surface area contributed by atoms with Gasteiger partial charge in [-0.1, -0.05) is 30.3 Å². The second kappa shape index (κ2) is 6.16. The molecule has 1 N–H and O–H groups in total. The van der Waals surface area contributed by atoms with E-state index in [-0.39, 0.29) is 5.91 Å². The Bertz CT molecular complexity index is 809. The Kier molecular flexibility index (Phi) is 4.06. The van der Waals surface area contributed by atoms with Gasteiger partial charge in [-0.15, -0.1) is 0 Å². The molecule has 0 radical (unpaired) electrons. The van der Waals surface area contributed by atoms with Crippen molar-refractivity contribution >= 4 is 16.8 Å². The van der Waals surface area contributed by atoms with Crippen LogP contribution in [0.1, 0.15) is 21.6 Å². The molecule has 0 fully saturated rings. The molecule has 0 aliphatic heterocycles. The molecule has 3 rings (SSSR count). The molecule has 0 atom stereocenters. The molecular formula is C19H20N2O2. The van der Waals surface area contributed by atoms with Crippen LogP contribution in [0.3, 0.4) is 0 Å². The molecule has 1 amide bonds. The first kappa shape index (κ1) is 15.2. The summed E-state index contributed by atoms with van der Waals surface area (Å²) in [6.45, 7) is 2.48. The average molecular weight is 308 g/mol. The molecule has 1 aromatic heterocycles. The largest absolute Gasteiger partial charge is 0.497 e. The van der Waals surface area contributed by atoms with Crippen molar-refractivity contribution < 1.29 is 9.53 Å². The first-order valence-electron chi connectivity index (χ1n) is 7.57. The van der Waals surface area contributed by atoms with E-state index in [0.29, 0.717) is 12.2 Å². The number of carbonyl (C=O) groups excluding carboxylic acids is 1. The van der Waals surface area contributed by atoms with E-state index in [2.05, 4.69) is 5.32 Å². The number of nitrogens with zero attached hydrogens (tertiary/aromatic N) is 1. The SMILES string of the molecule is COc1ccc(CNC(=O)c2c(C)c3ccccc3n2C)cc1. The lowest BCUT2D eigenvalue weighted by Crippen LogP contribution is -2.25. The molecule has 23 heavy (non-hydrogen) atoms. The monoisotopic (exact) mass is 308 g/mol. The Labute approximate surface area is 135 Å². The molecule has 1 heterocycles. The first-order chi connectivity index (χ1) is 11.1. The van der Waals surface area contributed by atoms with Gasteiger partial charge in [-0.2, -0.15) is 0 Å². The Morgan fingerprint density at radius 1 is 1.13 bits per heavy atom. The summed E-state index contributed by atoms with van der Waals surface area (Å²) in [4.78, 5) is 12.6. The highest BCUT2D eigenvalue weighted by Crippen LogP contribution is 2.24. The summed E-state index contributed by atoms with van der Waals surface area (Å²) < 4.78 is 7.09. The molecule has 0 saturated carbocycles. The number of carbonyl (C=O) groups is 1. The standard InChI is InChI=1S/C19H20N2O2/c1-13-16-6-4-5-7-17(16)21(2)18(13)19(22)20-12-14-8-10-15(23-3)11-9-14/h4-11H,12H2,1-3H3,(H,20,22). The second-order valence-electron chi connectivity index (χ2n) is 5.58. The molecule has 3 aromatic rings. The zero-order valence-electron chi connectivity index (χ0n) is 13.6. The van der Waals surface area contributed by atoms with E-state index in [1.807, 2.05) is 67.1 Å². The minimum atomic E-state index is -0.0583. The number of hydrogen-bond donors (Lipinski definition) is 1. The topological polar surface area (TPSA) is 43.3 Å². The Balaban J connectivity index is 1.80. The summed E-state index contributed by atoms with van der Waals surface area (Å²) >= 11 is 0. The van der Waals surface area contributed by atoms with E-state index in [1.165, 1.54) is 0 Å². The third-order valence-electron chi connectivity index (χ3n) is 4.19. The van der Waals surface area contributed by atoms with Crippen LogP contribution in [0.15, 0.2) is 48.5 Å². The van der Waals surface area contributed by atoms with Gasteiger partial charge in [0.2, 0.25) is 0 Å². The van der Waals surface area contributed by atoms with Gasteiger partial charge in [0.05, 0.1) is 7.11 Å². The Morgan fingerprint density at radius 2 is 1.83 bits per heavy atom. The summed E-state index contributed by atoms with van der Waals surface area (Å²) in [7, 11) is 3.57. The van der Waals surface area contributed by atoms with Crippen molar-refractivity contribution in [3.05, 3.63) is 65.4 Å². The number of benzene rings is 2. The van der Waals surface area contributed by atoms with Crippen molar-refractivity contribution in [1.29, 1.82) is 0 Å². The number of ether oxygens (including phenoxy) is 1. The summed E-state index contributed by atoms with van der Waals surface area (Å²) in [5, 5.41) is 4.11. The van der Waals surface area contributed by atoms with E-state index >= 15 is 0 Å². The average Bonchev–Trinajstić information content (AvgIpc) is 2.85. The normalized spacial score (nSPS) is 10.7. The predicted molar refractivity (Wildman–Crippen MR) is 91.8 cm³/mol. The third kappa shape index (κ3) is 2.80. The number of aromatic nitrogens is 1. The number of aryl methyl sites for hydroxylation is 2. The highest BCUT2D eigenvalue weighted by Gasteiger charge is 2.17. The fraction of sp³-hybridized carbons (Fsp3) is 0.211. The number of hydrogen-bond acceptors (Lipinski definition) is 2. The molecule has 2 aromatic carbocycles. The maximum atomic E-state index is 12.6. The fourth-order valence-corrected chi connectivity index (χ4v) is 2.91. The highest BCUT2D eigenvalue weighted by atomic mass is 16.5. The number of nitrogens with one attached hydrogen (secondary N) is 1. The van der Waals surface area contributed by atoms with Crippen LogP contribution in [-0.4, -0.2) is 17.6 Å². The molecular weight excluding hydrogens is 288 g/mol. The van der Waals surface area contributed by atoms with Gasteiger partial charge in [0, 0.05) is 24.5 Å². The van der Waals surface area contributed by atoms with Crippen LogP contribution >= 0.6 is 0 Å². The summed E-state index contributed by atoms with van der Waals surface area (Å²) in [6.07, 6.45) is 0. The van der Waals surface area contributed by atoms with Crippen LogP contribution < -0.4 is 10.1 Å². The van der Waals surface area contributed by atoms with Crippen molar-refractivity contribution in [2.24, 2.45) is 7.05 Å². The molecule has 118 valence electrons. The van der Waals surface area contributed by atoms with Crippen LogP contribution in [-0.2, 0) is 13.6 Å². The van der Waals surface area contributed by atoms with E-state index < -0.39 is 0 Å². The van der Waals surface area contributed by atoms with Crippen molar-refractivity contribution in [2.75, 3.05) is 7.11 Å². The predicted octanol–water partition coefficient (Wildman–Crippen LogP) is 3.43. The maximum Gasteiger partial charge on any atom is 0.268 e. The number of fused-ring (bicyclic) bond motifs is 1. The fourth-order valence-electron chi connectivity index (χ4n) is 2.91. The number of para-hydroxylation sites is 1. The van der Waals surface area contributed by atoms with Gasteiger partial charge in [0.25, 0.3) is 5.91 Å². The van der Waals surface area contributed by atoms with E-state index in [4.69, 9.17) is 4.74 Å². The van der Waals surface area contributed by atoms with Gasteiger partial charge in [-0.25, -0.2) is 0 Å². The smallest absolute Gasteiger partial charge is 0.268 e. The molecule has 0 saturated heterocycles. The lowest BCUT2D eigenvalue weighted by Gasteiger charge is -2.08. The minimum absolute atomic E-state index is 0.0583. The molecule has 4 heteroatoms. The van der Waals surface area contributed by atoms with Crippen molar-refractivity contribution in [3.63, 3.8) is 0 Å². The van der Waals surface area contributed by atoms with Crippen LogP contribution in [0, 0.1) is 6.92 Å². The van der Waals surface area contributed by atoms with Crippen LogP contribution in [0.2, 0.25) is 0 Å². The van der Waals surface area contributed by atoms with E-state index in [0.717, 1.165) is 27.8 Å². The zero-order chi connectivity index (χ0) is 16.4. The van der Waals surface area contributed by atoms with E-state index in [9.17, 15) is 4.79 Å². The van der Waals surface area contributed by atoms with Gasteiger partial charge < -0.3 is 14.6 Å². The number of methoxy groups -OCH3 is 1. The highest BCUT2D eigenvalue weighted by molar-refractivity contribution is 6.01. The maximum absolute atomic E-state index is 12.6. The molecule has 0 spiro atoms. The zero-order valence-corrected chi connectivity index (χ0v) is 13.6. The van der Waals surface area contributed by atoms with Crippen molar-refractivity contribution in [3.8, 4) is 5.75 Å². The van der Waals surface area contributed by atoms with Crippen LogP contribution in [0.5, 0.6) is 5.75 Å². The lowest BCUT2D eigenvalue weighted by atomic mass is 10.1. The quantitative estimate of drug-likeness (QED) is 0.802.